The number of unbranched alkanes of at least 4 members (excludes halogenated alkanes) is 13. The van der Waals surface area contributed by atoms with Crippen LogP contribution in [-0.2, 0) is 9.59 Å². The molecule has 6 heteroatoms. The number of ether oxygens (including phenoxy) is 1. The SMILES string of the molecule is CCCCCCCCCCCCCCCCN1C(=O)C(=O)/C(=C(/O)c2cccc(Br)c2)[C@H]1c1ccc(OC)cc1. The fourth-order valence-corrected chi connectivity index (χ4v) is 5.91. The van der Waals surface area contributed by atoms with E-state index in [9.17, 15) is 14.7 Å². The van der Waals surface area contributed by atoms with Gasteiger partial charge >= 0.3 is 0 Å². The number of rotatable bonds is 18. The van der Waals surface area contributed by atoms with Crippen molar-refractivity contribution in [3.8, 4) is 5.75 Å². The van der Waals surface area contributed by atoms with Crippen LogP contribution in [0.3, 0.4) is 0 Å². The Morgan fingerprint density at radius 3 is 1.90 bits per heavy atom. The Morgan fingerprint density at radius 2 is 1.38 bits per heavy atom. The number of likely N-dealkylation sites (tertiary alicyclic amines) is 1. The van der Waals surface area contributed by atoms with Crippen LogP contribution in [0.2, 0.25) is 0 Å². The van der Waals surface area contributed by atoms with Crippen LogP contribution in [0.5, 0.6) is 5.75 Å². The van der Waals surface area contributed by atoms with Gasteiger partial charge in [0.1, 0.15) is 11.5 Å². The van der Waals surface area contributed by atoms with Gasteiger partial charge in [0.25, 0.3) is 11.7 Å². The number of hydrogen-bond acceptors (Lipinski definition) is 4. The van der Waals surface area contributed by atoms with Crippen molar-refractivity contribution in [1.29, 1.82) is 0 Å². The zero-order valence-corrected chi connectivity index (χ0v) is 25.9. The molecule has 0 radical (unpaired) electrons. The number of Topliss-reactive ketones (excluding diaryl/α,β-unsaturated/α-hetero) is 1. The Labute approximate surface area is 249 Å². The van der Waals surface area contributed by atoms with Crippen LogP contribution < -0.4 is 4.74 Å². The van der Waals surface area contributed by atoms with Crippen LogP contribution in [0, 0.1) is 0 Å². The van der Waals surface area contributed by atoms with Gasteiger partial charge in [-0.3, -0.25) is 9.59 Å². The molecule has 1 amide bonds. The quantitative estimate of drug-likeness (QED) is 0.0789. The van der Waals surface area contributed by atoms with Gasteiger partial charge in [0.15, 0.2) is 0 Å². The Balaban J connectivity index is 1.55. The summed E-state index contributed by atoms with van der Waals surface area (Å²) in [6.45, 7) is 2.74. The van der Waals surface area contributed by atoms with Crippen molar-refractivity contribution in [2.24, 2.45) is 0 Å². The first-order chi connectivity index (χ1) is 19.5. The highest BCUT2D eigenvalue weighted by Gasteiger charge is 2.45. The Bertz CT molecular complexity index is 1110. The molecule has 1 aliphatic heterocycles. The summed E-state index contributed by atoms with van der Waals surface area (Å²) in [5.74, 6) is -0.640. The minimum absolute atomic E-state index is 0.138. The first kappa shape index (κ1) is 31.9. The number of benzene rings is 2. The standard InChI is InChI=1S/C34H46BrNO4/c1-3-4-5-6-7-8-9-10-11-12-13-14-15-16-24-36-31(26-20-22-29(40-2)23-21-26)30(33(38)34(36)39)32(37)27-18-17-19-28(35)25-27/h17-23,25,31,37H,3-16,24H2,1-2H3/b32-30+/t31-/m1/s1. The van der Waals surface area contributed by atoms with E-state index < -0.39 is 17.7 Å². The normalized spacial score (nSPS) is 16.6. The molecular formula is C34H46BrNO4. The predicted molar refractivity (Wildman–Crippen MR) is 166 cm³/mol. The molecule has 0 saturated carbocycles. The number of carbonyl (C=O) groups is 2. The average Bonchev–Trinajstić information content (AvgIpc) is 3.22. The molecular weight excluding hydrogens is 566 g/mol. The topological polar surface area (TPSA) is 66.8 Å². The molecule has 0 spiro atoms. The van der Waals surface area contributed by atoms with E-state index in [4.69, 9.17) is 4.74 Å². The maximum absolute atomic E-state index is 13.2. The number of amides is 1. The molecule has 1 heterocycles. The first-order valence-corrected chi connectivity index (χ1v) is 16.0. The Hall–Kier alpha value is -2.60. The third kappa shape index (κ3) is 9.22. The third-order valence-corrected chi connectivity index (χ3v) is 8.32. The molecule has 5 nitrogen and oxygen atoms in total. The average molecular weight is 613 g/mol. The van der Waals surface area contributed by atoms with Crippen molar-refractivity contribution >= 4 is 33.4 Å². The van der Waals surface area contributed by atoms with Crippen molar-refractivity contribution in [3.05, 3.63) is 69.7 Å². The van der Waals surface area contributed by atoms with E-state index in [1.807, 2.05) is 30.3 Å². The number of hydrogen-bond donors (Lipinski definition) is 1. The molecule has 1 aliphatic rings. The van der Waals surface area contributed by atoms with E-state index in [2.05, 4.69) is 22.9 Å². The van der Waals surface area contributed by atoms with Gasteiger partial charge in [-0.05, 0) is 36.2 Å². The van der Waals surface area contributed by atoms with E-state index >= 15 is 0 Å². The lowest BCUT2D eigenvalue weighted by molar-refractivity contribution is -0.139. The number of aliphatic hydroxyl groups is 1. The van der Waals surface area contributed by atoms with Crippen LogP contribution in [0.1, 0.15) is 114 Å². The summed E-state index contributed by atoms with van der Waals surface area (Å²) < 4.78 is 6.09. The second-order valence-corrected chi connectivity index (χ2v) is 11.8. The van der Waals surface area contributed by atoms with Gasteiger partial charge in [-0.2, -0.15) is 0 Å². The van der Waals surface area contributed by atoms with Gasteiger partial charge in [0.2, 0.25) is 0 Å². The number of ketones is 1. The summed E-state index contributed by atoms with van der Waals surface area (Å²) >= 11 is 3.43. The van der Waals surface area contributed by atoms with Crippen molar-refractivity contribution in [2.75, 3.05) is 13.7 Å². The first-order valence-electron chi connectivity index (χ1n) is 15.2. The molecule has 0 unspecified atom stereocenters. The lowest BCUT2D eigenvalue weighted by atomic mass is 9.95. The van der Waals surface area contributed by atoms with Crippen molar-refractivity contribution in [2.45, 2.75) is 103 Å². The molecule has 1 N–H and O–H groups in total. The minimum Gasteiger partial charge on any atom is -0.507 e. The second-order valence-electron chi connectivity index (χ2n) is 10.9. The zero-order valence-electron chi connectivity index (χ0n) is 24.3. The lowest BCUT2D eigenvalue weighted by Gasteiger charge is -2.25. The molecule has 1 saturated heterocycles. The number of nitrogens with zero attached hydrogens (tertiary/aromatic N) is 1. The van der Waals surface area contributed by atoms with Gasteiger partial charge in [0.05, 0.1) is 18.7 Å². The highest BCUT2D eigenvalue weighted by Crippen LogP contribution is 2.40. The van der Waals surface area contributed by atoms with Gasteiger partial charge in [-0.1, -0.05) is 131 Å². The van der Waals surface area contributed by atoms with Gasteiger partial charge in [0, 0.05) is 16.6 Å². The number of carbonyl (C=O) groups excluding carboxylic acids is 2. The smallest absolute Gasteiger partial charge is 0.295 e. The molecule has 2 aromatic rings. The molecule has 0 aromatic heterocycles. The van der Waals surface area contributed by atoms with Gasteiger partial charge in [-0.15, -0.1) is 0 Å². The van der Waals surface area contributed by atoms with Crippen molar-refractivity contribution < 1.29 is 19.4 Å². The molecule has 0 aliphatic carbocycles. The van der Waals surface area contributed by atoms with E-state index in [1.54, 1.807) is 30.2 Å². The van der Waals surface area contributed by atoms with E-state index in [1.165, 1.54) is 70.6 Å². The number of halogens is 1. The summed E-state index contributed by atoms with van der Waals surface area (Å²) in [7, 11) is 1.60. The Kier molecular flexibility index (Phi) is 13.8. The minimum atomic E-state index is -0.636. The summed E-state index contributed by atoms with van der Waals surface area (Å²) in [4.78, 5) is 28.0. The van der Waals surface area contributed by atoms with Crippen LogP contribution in [-0.4, -0.2) is 35.4 Å². The summed E-state index contributed by atoms with van der Waals surface area (Å²) in [5, 5.41) is 11.2. The number of aliphatic hydroxyl groups excluding tert-OH is 1. The van der Waals surface area contributed by atoms with E-state index in [0.717, 1.165) is 29.3 Å². The summed E-state index contributed by atoms with van der Waals surface area (Å²) in [6, 6.07) is 13.9. The molecule has 40 heavy (non-hydrogen) atoms. The molecule has 1 fully saturated rings. The highest BCUT2D eigenvalue weighted by molar-refractivity contribution is 9.10. The Morgan fingerprint density at radius 1 is 0.825 bits per heavy atom. The maximum Gasteiger partial charge on any atom is 0.295 e. The largest absolute Gasteiger partial charge is 0.507 e. The van der Waals surface area contributed by atoms with Crippen LogP contribution in [0.4, 0.5) is 0 Å². The van der Waals surface area contributed by atoms with Gasteiger partial charge < -0.3 is 14.7 Å². The fraction of sp³-hybridized carbons (Fsp3) is 0.529. The maximum atomic E-state index is 13.2. The lowest BCUT2D eigenvalue weighted by Crippen LogP contribution is -2.30. The molecule has 3 rings (SSSR count). The molecule has 1 atom stereocenters. The van der Waals surface area contributed by atoms with Crippen LogP contribution >= 0.6 is 15.9 Å². The van der Waals surface area contributed by atoms with Crippen molar-refractivity contribution in [1.82, 2.24) is 4.90 Å². The number of methoxy groups -OCH3 is 1. The van der Waals surface area contributed by atoms with E-state index in [0.29, 0.717) is 17.9 Å². The predicted octanol–water partition coefficient (Wildman–Crippen LogP) is 9.36. The third-order valence-electron chi connectivity index (χ3n) is 7.82. The molecule has 218 valence electrons. The highest BCUT2D eigenvalue weighted by atomic mass is 79.9. The summed E-state index contributed by atoms with van der Waals surface area (Å²) in [6.07, 6.45) is 17.6. The second kappa shape index (κ2) is 17.3. The van der Waals surface area contributed by atoms with E-state index in [-0.39, 0.29) is 11.3 Å². The van der Waals surface area contributed by atoms with Gasteiger partial charge in [-0.25, -0.2) is 0 Å². The fourth-order valence-electron chi connectivity index (χ4n) is 5.51. The summed E-state index contributed by atoms with van der Waals surface area (Å²) in [5.41, 5.74) is 1.42. The molecule has 0 bridgehead atoms. The molecule has 2 aromatic carbocycles. The van der Waals surface area contributed by atoms with Crippen molar-refractivity contribution in [3.63, 3.8) is 0 Å². The van der Waals surface area contributed by atoms with Crippen LogP contribution in [0.25, 0.3) is 5.76 Å². The zero-order chi connectivity index (χ0) is 28.7. The van der Waals surface area contributed by atoms with Crippen LogP contribution in [0.15, 0.2) is 58.6 Å². The monoisotopic (exact) mass is 611 g/mol.